The van der Waals surface area contributed by atoms with Gasteiger partial charge in [-0.25, -0.2) is 5.10 Å². The van der Waals surface area contributed by atoms with Crippen LogP contribution in [-0.4, -0.2) is 10.2 Å². The summed E-state index contributed by atoms with van der Waals surface area (Å²) in [5, 5.41) is 8.51. The summed E-state index contributed by atoms with van der Waals surface area (Å²) >= 11 is 3.32. The van der Waals surface area contributed by atoms with Gasteiger partial charge in [-0.1, -0.05) is 42.5 Å². The van der Waals surface area contributed by atoms with Crippen LogP contribution in [0.2, 0.25) is 0 Å². The zero-order valence-electron chi connectivity index (χ0n) is 9.35. The fourth-order valence-corrected chi connectivity index (χ4v) is 2.44. The van der Waals surface area contributed by atoms with Crippen LogP contribution in [0, 0.1) is 0 Å². The van der Waals surface area contributed by atoms with Gasteiger partial charge in [-0.3, -0.25) is 4.79 Å². The normalized spacial score (nSPS) is 10.7. The summed E-state index contributed by atoms with van der Waals surface area (Å²) in [6.45, 7) is 0. The first-order valence-electron chi connectivity index (χ1n) is 5.48. The molecule has 0 aliphatic carbocycles. The number of hydrogen-bond acceptors (Lipinski definition) is 2. The molecule has 0 amide bonds. The summed E-state index contributed by atoms with van der Waals surface area (Å²) < 4.78 is 0.508. The SMILES string of the molecule is O=c1[nH]ncc(-c2cccc3ccccc23)c1Br. The van der Waals surface area contributed by atoms with Crippen LogP contribution in [0.3, 0.4) is 0 Å². The van der Waals surface area contributed by atoms with E-state index < -0.39 is 0 Å². The summed E-state index contributed by atoms with van der Waals surface area (Å²) in [5.41, 5.74) is 1.58. The molecule has 0 unspecified atom stereocenters. The first-order valence-corrected chi connectivity index (χ1v) is 6.28. The van der Waals surface area contributed by atoms with Crippen LogP contribution >= 0.6 is 15.9 Å². The largest absolute Gasteiger partial charge is 0.279 e. The predicted octanol–water partition coefficient (Wildman–Crippen LogP) is 3.35. The lowest BCUT2D eigenvalue weighted by Crippen LogP contribution is -2.09. The first kappa shape index (κ1) is 11.2. The number of nitrogens with zero attached hydrogens (tertiary/aromatic N) is 1. The van der Waals surface area contributed by atoms with Crippen molar-refractivity contribution in [2.45, 2.75) is 0 Å². The Morgan fingerprint density at radius 3 is 2.67 bits per heavy atom. The molecular weight excluding hydrogens is 292 g/mol. The second-order valence-corrected chi connectivity index (χ2v) is 4.75. The smallest absolute Gasteiger partial charge is 0.267 e. The van der Waals surface area contributed by atoms with Gasteiger partial charge in [0.15, 0.2) is 0 Å². The summed E-state index contributed by atoms with van der Waals surface area (Å²) in [7, 11) is 0. The number of fused-ring (bicyclic) bond motifs is 1. The van der Waals surface area contributed by atoms with Crippen LogP contribution in [0.5, 0.6) is 0 Å². The first-order chi connectivity index (χ1) is 8.77. The van der Waals surface area contributed by atoms with Crippen LogP contribution in [0.25, 0.3) is 21.9 Å². The van der Waals surface area contributed by atoms with Crippen LogP contribution < -0.4 is 5.56 Å². The van der Waals surface area contributed by atoms with Crippen LogP contribution in [0.15, 0.2) is 57.9 Å². The van der Waals surface area contributed by atoms with E-state index in [4.69, 9.17) is 0 Å². The standard InChI is InChI=1S/C14H9BrN2O/c15-13-12(8-16-17-14(13)18)11-7-3-5-9-4-1-2-6-10(9)11/h1-8H,(H,17,18). The molecule has 3 aromatic rings. The Balaban J connectivity index is 2.39. The number of aromatic nitrogens is 2. The summed E-state index contributed by atoms with van der Waals surface area (Å²) in [4.78, 5) is 11.6. The van der Waals surface area contributed by atoms with E-state index in [1.165, 1.54) is 0 Å². The average molecular weight is 301 g/mol. The van der Waals surface area contributed by atoms with E-state index in [1.807, 2.05) is 42.5 Å². The molecule has 0 bridgehead atoms. The van der Waals surface area contributed by atoms with Crippen molar-refractivity contribution in [1.29, 1.82) is 0 Å². The van der Waals surface area contributed by atoms with Gasteiger partial charge in [0.25, 0.3) is 5.56 Å². The van der Waals surface area contributed by atoms with E-state index in [9.17, 15) is 4.79 Å². The Labute approximate surface area is 112 Å². The van der Waals surface area contributed by atoms with Crippen molar-refractivity contribution in [3.05, 3.63) is 63.5 Å². The molecule has 1 N–H and O–H groups in total. The minimum absolute atomic E-state index is 0.222. The lowest BCUT2D eigenvalue weighted by Gasteiger charge is -2.07. The van der Waals surface area contributed by atoms with E-state index in [1.54, 1.807) is 6.20 Å². The van der Waals surface area contributed by atoms with Gasteiger partial charge < -0.3 is 0 Å². The van der Waals surface area contributed by atoms with E-state index in [2.05, 4.69) is 26.1 Å². The molecule has 2 aromatic carbocycles. The fourth-order valence-electron chi connectivity index (χ4n) is 2.03. The van der Waals surface area contributed by atoms with E-state index in [-0.39, 0.29) is 5.56 Å². The van der Waals surface area contributed by atoms with E-state index in [0.29, 0.717) is 4.47 Å². The average Bonchev–Trinajstić information content (AvgIpc) is 2.41. The molecule has 1 heterocycles. The number of benzene rings is 2. The Kier molecular flexibility index (Phi) is 2.72. The van der Waals surface area contributed by atoms with Gasteiger partial charge in [0, 0.05) is 5.56 Å². The van der Waals surface area contributed by atoms with E-state index in [0.717, 1.165) is 21.9 Å². The lowest BCUT2D eigenvalue weighted by atomic mass is 10.00. The molecule has 0 atom stereocenters. The minimum Gasteiger partial charge on any atom is -0.267 e. The summed E-state index contributed by atoms with van der Waals surface area (Å²) in [6, 6.07) is 14.1. The van der Waals surface area contributed by atoms with Crippen LogP contribution in [-0.2, 0) is 0 Å². The van der Waals surface area contributed by atoms with Gasteiger partial charge in [0.05, 0.1) is 10.7 Å². The number of nitrogens with one attached hydrogen (secondary N) is 1. The molecular formula is C14H9BrN2O. The maximum absolute atomic E-state index is 11.6. The summed E-state index contributed by atoms with van der Waals surface area (Å²) in [5.74, 6) is 0. The fraction of sp³-hybridized carbons (Fsp3) is 0. The van der Waals surface area contributed by atoms with Gasteiger partial charge >= 0.3 is 0 Å². The van der Waals surface area contributed by atoms with Crippen LogP contribution in [0.1, 0.15) is 0 Å². The van der Waals surface area contributed by atoms with Crippen molar-refractivity contribution in [2.24, 2.45) is 0 Å². The predicted molar refractivity (Wildman–Crippen MR) is 75.5 cm³/mol. The highest BCUT2D eigenvalue weighted by molar-refractivity contribution is 9.10. The Hall–Kier alpha value is -1.94. The van der Waals surface area contributed by atoms with Gasteiger partial charge in [-0.2, -0.15) is 5.10 Å². The van der Waals surface area contributed by atoms with Crippen LogP contribution in [0.4, 0.5) is 0 Å². The molecule has 3 rings (SSSR count). The lowest BCUT2D eigenvalue weighted by molar-refractivity contribution is 0.982. The summed E-state index contributed by atoms with van der Waals surface area (Å²) in [6.07, 6.45) is 1.66. The van der Waals surface area contributed by atoms with Gasteiger partial charge in [0.1, 0.15) is 0 Å². The quantitative estimate of drug-likeness (QED) is 0.749. The molecule has 0 spiro atoms. The van der Waals surface area contributed by atoms with Crippen molar-refractivity contribution >= 4 is 26.7 Å². The second-order valence-electron chi connectivity index (χ2n) is 3.95. The van der Waals surface area contributed by atoms with Crippen molar-refractivity contribution < 1.29 is 0 Å². The monoisotopic (exact) mass is 300 g/mol. The number of rotatable bonds is 1. The minimum atomic E-state index is -0.222. The van der Waals surface area contributed by atoms with Gasteiger partial charge in [-0.05, 0) is 32.3 Å². The zero-order valence-corrected chi connectivity index (χ0v) is 10.9. The highest BCUT2D eigenvalue weighted by Crippen LogP contribution is 2.31. The van der Waals surface area contributed by atoms with Crippen molar-refractivity contribution in [2.75, 3.05) is 0 Å². The molecule has 4 heteroatoms. The topological polar surface area (TPSA) is 45.8 Å². The Bertz CT molecular complexity index is 775. The molecule has 0 saturated carbocycles. The number of aromatic amines is 1. The maximum Gasteiger partial charge on any atom is 0.279 e. The maximum atomic E-state index is 11.6. The third-order valence-electron chi connectivity index (χ3n) is 2.88. The number of halogens is 1. The highest BCUT2D eigenvalue weighted by atomic mass is 79.9. The Morgan fingerprint density at radius 1 is 1.00 bits per heavy atom. The molecule has 0 fully saturated rings. The molecule has 0 saturated heterocycles. The zero-order chi connectivity index (χ0) is 12.5. The molecule has 88 valence electrons. The second kappa shape index (κ2) is 4.38. The van der Waals surface area contributed by atoms with Gasteiger partial charge in [0.2, 0.25) is 0 Å². The number of hydrogen-bond donors (Lipinski definition) is 1. The molecule has 18 heavy (non-hydrogen) atoms. The Morgan fingerprint density at radius 2 is 1.78 bits per heavy atom. The highest BCUT2D eigenvalue weighted by Gasteiger charge is 2.09. The number of H-pyrrole nitrogens is 1. The van der Waals surface area contributed by atoms with E-state index >= 15 is 0 Å². The third kappa shape index (κ3) is 1.75. The molecule has 1 aromatic heterocycles. The van der Waals surface area contributed by atoms with Gasteiger partial charge in [-0.15, -0.1) is 0 Å². The molecule has 3 nitrogen and oxygen atoms in total. The van der Waals surface area contributed by atoms with Crippen molar-refractivity contribution in [1.82, 2.24) is 10.2 Å². The molecule has 0 aliphatic heterocycles. The molecule has 0 aliphatic rings. The van der Waals surface area contributed by atoms with Crippen molar-refractivity contribution in [3.8, 4) is 11.1 Å². The molecule has 0 radical (unpaired) electrons. The van der Waals surface area contributed by atoms with Crippen molar-refractivity contribution in [3.63, 3.8) is 0 Å². The third-order valence-corrected chi connectivity index (χ3v) is 3.66.